The molecular weight excluding hydrogens is 521 g/mol. The average Bonchev–Trinajstić information content (AvgIpc) is 3.13. The lowest BCUT2D eigenvalue weighted by Crippen LogP contribution is -2.50. The standard InChI is InChI=1S/C16H7BBr2ClF5N2/c18-13-5-3-11-15(9-7-8(16(21,22)23)1-2-10(9)20)12-4-6-14(19)27(12)17(24,25)26(11)13/h1-7H. The van der Waals surface area contributed by atoms with Gasteiger partial charge in [0.25, 0.3) is 0 Å². The number of benzene rings is 1. The molecule has 2 aliphatic heterocycles. The van der Waals surface area contributed by atoms with Crippen LogP contribution in [0.1, 0.15) is 16.8 Å². The fourth-order valence-corrected chi connectivity index (χ4v) is 4.65. The number of nitrogens with zero attached hydrogens (tertiary/aromatic N) is 2. The Morgan fingerprint density at radius 1 is 1.04 bits per heavy atom. The van der Waals surface area contributed by atoms with Gasteiger partial charge in [0.05, 0.1) is 15.7 Å². The second-order valence-electron chi connectivity index (χ2n) is 5.98. The number of hydrogen-bond donors (Lipinski definition) is 0. The molecule has 140 valence electrons. The van der Waals surface area contributed by atoms with Crippen molar-refractivity contribution in [3.63, 3.8) is 0 Å². The Labute approximate surface area is 171 Å². The summed E-state index contributed by atoms with van der Waals surface area (Å²) in [6, 6.07) is 5.71. The van der Waals surface area contributed by atoms with Crippen molar-refractivity contribution in [2.24, 2.45) is 0 Å². The van der Waals surface area contributed by atoms with Gasteiger partial charge in [-0.1, -0.05) is 11.6 Å². The molecule has 0 N–H and O–H groups in total. The lowest BCUT2D eigenvalue weighted by molar-refractivity contribution is -0.358. The first-order valence-corrected chi connectivity index (χ1v) is 9.50. The zero-order valence-corrected chi connectivity index (χ0v) is 17.0. The van der Waals surface area contributed by atoms with Crippen LogP contribution in [0.25, 0.3) is 5.57 Å². The highest BCUT2D eigenvalue weighted by Crippen LogP contribution is 2.44. The zero-order valence-electron chi connectivity index (χ0n) is 13.0. The molecule has 0 radical (unpaired) electrons. The molecule has 0 saturated heterocycles. The average molecular weight is 528 g/mol. The maximum atomic E-state index is 15.1. The molecule has 0 unspecified atom stereocenters. The van der Waals surface area contributed by atoms with Crippen molar-refractivity contribution in [2.75, 3.05) is 0 Å². The molecule has 0 bridgehead atoms. The zero-order chi connectivity index (χ0) is 19.7. The predicted octanol–water partition coefficient (Wildman–Crippen LogP) is 6.29. The summed E-state index contributed by atoms with van der Waals surface area (Å²) in [7, 11) is 0. The van der Waals surface area contributed by atoms with Gasteiger partial charge in [-0.05, 0) is 46.3 Å². The van der Waals surface area contributed by atoms with Crippen LogP contribution in [0, 0.1) is 0 Å². The molecule has 0 saturated carbocycles. The van der Waals surface area contributed by atoms with Crippen LogP contribution >= 0.6 is 43.5 Å². The normalized spacial score (nSPS) is 18.2. The number of allylic oxidation sites excluding steroid dienone is 2. The fourth-order valence-electron chi connectivity index (χ4n) is 3.30. The molecular formula is C16H7BBr2ClF5N2. The molecule has 3 heterocycles. The molecule has 0 spiro atoms. The van der Waals surface area contributed by atoms with Gasteiger partial charge in [-0.3, -0.25) is 0 Å². The Kier molecular flexibility index (Phi) is 4.25. The molecule has 0 aliphatic carbocycles. The maximum Gasteiger partial charge on any atom is 0.738 e. The lowest BCUT2D eigenvalue weighted by atomic mass is 9.86. The quantitative estimate of drug-likeness (QED) is 0.304. The molecule has 2 aliphatic rings. The highest BCUT2D eigenvalue weighted by Gasteiger charge is 2.54. The number of alkyl halides is 3. The van der Waals surface area contributed by atoms with Gasteiger partial charge >= 0.3 is 13.1 Å². The third kappa shape index (κ3) is 2.75. The van der Waals surface area contributed by atoms with E-state index in [2.05, 4.69) is 31.9 Å². The number of halogens is 8. The molecule has 2 aromatic rings. The lowest BCUT2D eigenvalue weighted by Gasteiger charge is -2.32. The molecule has 27 heavy (non-hydrogen) atoms. The molecule has 1 aromatic heterocycles. The van der Waals surface area contributed by atoms with E-state index in [1.807, 2.05) is 0 Å². The van der Waals surface area contributed by atoms with Crippen LogP contribution in [0.2, 0.25) is 5.02 Å². The minimum Gasteiger partial charge on any atom is -0.389 e. The Morgan fingerprint density at radius 3 is 2.41 bits per heavy atom. The van der Waals surface area contributed by atoms with Crippen LogP contribution in [-0.2, 0) is 6.18 Å². The van der Waals surface area contributed by atoms with Gasteiger partial charge in [0.1, 0.15) is 0 Å². The summed E-state index contributed by atoms with van der Waals surface area (Å²) < 4.78 is 71.6. The van der Waals surface area contributed by atoms with Crippen molar-refractivity contribution in [3.05, 3.63) is 74.6 Å². The van der Waals surface area contributed by atoms with E-state index in [1.54, 1.807) is 0 Å². The summed E-state index contributed by atoms with van der Waals surface area (Å²) >= 11 is 12.4. The van der Waals surface area contributed by atoms with Gasteiger partial charge in [0.2, 0.25) is 4.62 Å². The largest absolute Gasteiger partial charge is 0.738 e. The van der Waals surface area contributed by atoms with E-state index in [0.717, 1.165) is 27.2 Å². The van der Waals surface area contributed by atoms with Crippen LogP contribution in [0.3, 0.4) is 0 Å². The van der Waals surface area contributed by atoms with Gasteiger partial charge in [0.15, 0.2) is 5.70 Å². The predicted molar refractivity (Wildman–Crippen MR) is 101 cm³/mol. The second-order valence-corrected chi connectivity index (χ2v) is 8.01. The highest BCUT2D eigenvalue weighted by atomic mass is 79.9. The van der Waals surface area contributed by atoms with Gasteiger partial charge in [0, 0.05) is 44.4 Å². The molecule has 11 heteroatoms. The molecule has 2 nitrogen and oxygen atoms in total. The molecule has 0 amide bonds. The third-order valence-corrected chi connectivity index (χ3v) is 6.06. The van der Waals surface area contributed by atoms with Gasteiger partial charge in [-0.15, -0.1) is 0 Å². The van der Waals surface area contributed by atoms with Crippen LogP contribution < -0.4 is 0 Å². The Morgan fingerprint density at radius 2 is 1.74 bits per heavy atom. The summed E-state index contributed by atoms with van der Waals surface area (Å²) in [5.41, 5.74) is -0.546. The van der Waals surface area contributed by atoms with Crippen LogP contribution in [0.15, 0.2) is 52.8 Å². The van der Waals surface area contributed by atoms with Crippen LogP contribution in [0.4, 0.5) is 21.8 Å². The SMILES string of the molecule is F[B-]1(F)n2c(Br)ccc2C(c2cc(C(F)(F)F)ccc2Cl)=C2C=CC(Br)=[N+]21. The minimum absolute atomic E-state index is 0.0245. The molecule has 0 atom stereocenters. The first-order chi connectivity index (χ1) is 12.5. The van der Waals surface area contributed by atoms with Gasteiger partial charge in [-0.2, -0.15) is 13.2 Å². The van der Waals surface area contributed by atoms with Crippen molar-refractivity contribution in [3.8, 4) is 0 Å². The van der Waals surface area contributed by atoms with E-state index in [9.17, 15) is 13.2 Å². The number of fused-ring (bicyclic) bond motifs is 2. The molecule has 0 fully saturated rings. The Balaban J connectivity index is 2.09. The minimum atomic E-state index is -4.59. The first-order valence-electron chi connectivity index (χ1n) is 7.54. The van der Waals surface area contributed by atoms with Crippen LogP contribution in [0.5, 0.6) is 0 Å². The summed E-state index contributed by atoms with van der Waals surface area (Å²) in [5.74, 6) is 0. The van der Waals surface area contributed by atoms with E-state index in [0.29, 0.717) is 0 Å². The molecule has 1 aromatic carbocycles. The number of hydrogen-bond acceptors (Lipinski definition) is 0. The van der Waals surface area contributed by atoms with Crippen molar-refractivity contribution in [1.29, 1.82) is 0 Å². The van der Waals surface area contributed by atoms with Gasteiger partial charge in [-0.25, -0.2) is 0 Å². The van der Waals surface area contributed by atoms with E-state index in [-0.39, 0.29) is 36.8 Å². The third-order valence-electron chi connectivity index (χ3n) is 4.43. The fraction of sp³-hybridized carbons (Fsp3) is 0.0625. The molecule has 4 rings (SSSR count). The summed E-state index contributed by atoms with van der Waals surface area (Å²) in [4.78, 5) is 0. The van der Waals surface area contributed by atoms with Crippen molar-refractivity contribution >= 4 is 60.6 Å². The van der Waals surface area contributed by atoms with Gasteiger partial charge < -0.3 is 17.6 Å². The van der Waals surface area contributed by atoms with E-state index in [4.69, 9.17) is 11.6 Å². The monoisotopic (exact) mass is 526 g/mol. The summed E-state index contributed by atoms with van der Waals surface area (Å²) in [5, 5.41) is 0.0310. The second kappa shape index (κ2) is 6.05. The number of aromatic nitrogens is 1. The van der Waals surface area contributed by atoms with E-state index in [1.165, 1.54) is 24.3 Å². The number of rotatable bonds is 1. The highest BCUT2D eigenvalue weighted by molar-refractivity contribution is 9.18. The summed E-state index contributed by atoms with van der Waals surface area (Å²) in [6.45, 7) is -4.26. The topological polar surface area (TPSA) is 7.94 Å². The Hall–Kier alpha value is -1.39. The maximum absolute atomic E-state index is 15.1. The smallest absolute Gasteiger partial charge is 0.389 e. The van der Waals surface area contributed by atoms with E-state index >= 15 is 8.63 Å². The summed E-state index contributed by atoms with van der Waals surface area (Å²) in [6.07, 6.45) is -1.74. The van der Waals surface area contributed by atoms with Crippen LogP contribution in [-0.4, -0.2) is 20.6 Å². The van der Waals surface area contributed by atoms with Crippen molar-refractivity contribution in [2.45, 2.75) is 6.18 Å². The Bertz CT molecular complexity index is 1080. The van der Waals surface area contributed by atoms with Crippen molar-refractivity contribution < 1.29 is 26.3 Å². The van der Waals surface area contributed by atoms with Crippen molar-refractivity contribution in [1.82, 2.24) is 4.48 Å². The van der Waals surface area contributed by atoms with E-state index < -0.39 is 18.7 Å². The first kappa shape index (κ1) is 19.0.